The predicted molar refractivity (Wildman–Crippen MR) is 147 cm³/mol. The van der Waals surface area contributed by atoms with Gasteiger partial charge in [-0.25, -0.2) is 9.78 Å². The zero-order valence-corrected chi connectivity index (χ0v) is 23.9. The van der Waals surface area contributed by atoms with Crippen molar-refractivity contribution in [2.24, 2.45) is 11.8 Å². The Bertz CT molecular complexity index is 1240. The van der Waals surface area contributed by atoms with E-state index in [1.165, 1.54) is 23.2 Å². The van der Waals surface area contributed by atoms with Crippen LogP contribution in [0, 0.1) is 11.8 Å². The topological polar surface area (TPSA) is 92.2 Å². The minimum atomic E-state index is -4.75. The molecule has 1 saturated carbocycles. The normalized spacial score (nSPS) is 21.0. The van der Waals surface area contributed by atoms with Gasteiger partial charge in [0.2, 0.25) is 11.8 Å². The van der Waals surface area contributed by atoms with Crippen molar-refractivity contribution in [2.75, 3.05) is 31.2 Å². The second kappa shape index (κ2) is 12.8. The van der Waals surface area contributed by atoms with E-state index in [1.807, 2.05) is 11.8 Å². The SMILES string of the molecule is CC1CCC(C(=O)N(c2ccc(Oc3ncc(C(C)N4CCOCC4)cc3C(F)(F)F)cc2C(=O)O)C(C)C)CC1. The summed E-state index contributed by atoms with van der Waals surface area (Å²) in [5.41, 5.74) is -0.722. The summed E-state index contributed by atoms with van der Waals surface area (Å²) in [5, 5.41) is 10.0. The second-order valence-corrected chi connectivity index (χ2v) is 11.3. The Morgan fingerprint density at radius 2 is 1.76 bits per heavy atom. The molecule has 1 unspecified atom stereocenters. The number of hydrogen-bond acceptors (Lipinski definition) is 6. The lowest BCUT2D eigenvalue weighted by Gasteiger charge is -2.34. The fourth-order valence-electron chi connectivity index (χ4n) is 5.58. The summed E-state index contributed by atoms with van der Waals surface area (Å²) in [6.45, 7) is 9.79. The number of halogens is 3. The molecule has 1 amide bonds. The van der Waals surface area contributed by atoms with Crippen LogP contribution in [0.25, 0.3) is 0 Å². The Kier molecular flexibility index (Phi) is 9.59. The molecule has 1 saturated heterocycles. The molecular formula is C30H38F3N3O5. The number of amides is 1. The van der Waals surface area contributed by atoms with Crippen molar-refractivity contribution in [3.63, 3.8) is 0 Å². The van der Waals surface area contributed by atoms with Gasteiger partial charge in [-0.3, -0.25) is 9.69 Å². The minimum absolute atomic E-state index is 0.124. The van der Waals surface area contributed by atoms with Crippen molar-refractivity contribution in [2.45, 2.75) is 71.6 Å². The van der Waals surface area contributed by atoms with E-state index in [4.69, 9.17) is 9.47 Å². The maximum Gasteiger partial charge on any atom is 0.421 e. The number of nitrogens with zero attached hydrogens (tertiary/aromatic N) is 3. The number of rotatable bonds is 8. The molecule has 2 aromatic rings. The fraction of sp³-hybridized carbons (Fsp3) is 0.567. The van der Waals surface area contributed by atoms with Crippen LogP contribution in [-0.2, 0) is 15.7 Å². The van der Waals surface area contributed by atoms with E-state index in [2.05, 4.69) is 11.9 Å². The Hall–Kier alpha value is -3.18. The van der Waals surface area contributed by atoms with Gasteiger partial charge in [-0.1, -0.05) is 6.92 Å². The van der Waals surface area contributed by atoms with Crippen molar-refractivity contribution < 1.29 is 37.3 Å². The molecule has 0 bridgehead atoms. The highest BCUT2D eigenvalue weighted by Gasteiger charge is 2.37. The van der Waals surface area contributed by atoms with Crippen molar-refractivity contribution in [1.82, 2.24) is 9.88 Å². The molecule has 1 aliphatic heterocycles. The van der Waals surface area contributed by atoms with Crippen molar-refractivity contribution in [1.29, 1.82) is 0 Å². The average Bonchev–Trinajstić information content (AvgIpc) is 2.93. The van der Waals surface area contributed by atoms with E-state index in [-0.39, 0.29) is 40.9 Å². The van der Waals surface area contributed by atoms with Crippen LogP contribution >= 0.6 is 0 Å². The number of carboxylic acid groups (broad SMARTS) is 1. The summed E-state index contributed by atoms with van der Waals surface area (Å²) >= 11 is 0. The maximum absolute atomic E-state index is 14.1. The number of carbonyl (C=O) groups excluding carboxylic acids is 1. The van der Waals surface area contributed by atoms with Crippen LogP contribution in [-0.4, -0.2) is 59.2 Å². The quantitative estimate of drug-likeness (QED) is 0.380. The molecule has 1 atom stereocenters. The van der Waals surface area contributed by atoms with Crippen LogP contribution in [0.1, 0.15) is 80.9 Å². The summed E-state index contributed by atoms with van der Waals surface area (Å²) in [6, 6.07) is 4.33. The van der Waals surface area contributed by atoms with Crippen LogP contribution in [0.2, 0.25) is 0 Å². The van der Waals surface area contributed by atoms with Gasteiger partial charge in [-0.05, 0) is 82.2 Å². The number of aromatic carboxylic acids is 1. The summed E-state index contributed by atoms with van der Waals surface area (Å²) in [6.07, 6.45) is -0.0744. The van der Waals surface area contributed by atoms with Gasteiger partial charge in [-0.2, -0.15) is 13.2 Å². The highest BCUT2D eigenvalue weighted by Crippen LogP contribution is 2.40. The van der Waals surface area contributed by atoms with Crippen LogP contribution in [0.5, 0.6) is 11.6 Å². The van der Waals surface area contributed by atoms with Gasteiger partial charge in [0, 0.05) is 37.3 Å². The number of benzene rings is 1. The maximum atomic E-state index is 14.1. The molecule has 11 heteroatoms. The Balaban J connectivity index is 1.64. The predicted octanol–water partition coefficient (Wildman–Crippen LogP) is 6.55. The Morgan fingerprint density at radius 1 is 1.10 bits per heavy atom. The van der Waals surface area contributed by atoms with E-state index in [1.54, 1.807) is 13.8 Å². The van der Waals surface area contributed by atoms with Gasteiger partial charge in [0.05, 0.1) is 24.5 Å². The first-order chi connectivity index (χ1) is 19.4. The van der Waals surface area contributed by atoms with Crippen LogP contribution < -0.4 is 9.64 Å². The van der Waals surface area contributed by atoms with Gasteiger partial charge in [-0.15, -0.1) is 0 Å². The number of hydrogen-bond donors (Lipinski definition) is 1. The Labute approximate surface area is 238 Å². The number of pyridine rings is 1. The van der Waals surface area contributed by atoms with E-state index < -0.39 is 23.6 Å². The number of morpholine rings is 1. The van der Waals surface area contributed by atoms with Crippen LogP contribution in [0.15, 0.2) is 30.5 Å². The zero-order valence-electron chi connectivity index (χ0n) is 23.9. The van der Waals surface area contributed by atoms with Crippen LogP contribution in [0.4, 0.5) is 18.9 Å². The first kappa shape index (κ1) is 30.8. The van der Waals surface area contributed by atoms with Crippen molar-refractivity contribution >= 4 is 17.6 Å². The minimum Gasteiger partial charge on any atom is -0.478 e. The third-order valence-electron chi connectivity index (χ3n) is 8.04. The van der Waals surface area contributed by atoms with Gasteiger partial charge in [0.25, 0.3) is 0 Å². The molecule has 41 heavy (non-hydrogen) atoms. The second-order valence-electron chi connectivity index (χ2n) is 11.3. The lowest BCUT2D eigenvalue weighted by molar-refractivity contribution is -0.139. The first-order valence-corrected chi connectivity index (χ1v) is 14.1. The van der Waals surface area contributed by atoms with E-state index in [9.17, 15) is 27.9 Å². The molecule has 8 nitrogen and oxygen atoms in total. The van der Waals surface area contributed by atoms with Gasteiger partial charge in [0.1, 0.15) is 11.3 Å². The lowest BCUT2D eigenvalue weighted by atomic mass is 9.82. The zero-order chi connectivity index (χ0) is 29.9. The van der Waals surface area contributed by atoms with Gasteiger partial charge >= 0.3 is 12.1 Å². The van der Waals surface area contributed by atoms with E-state index in [0.717, 1.165) is 37.8 Å². The highest BCUT2D eigenvalue weighted by atomic mass is 19.4. The molecule has 2 fully saturated rings. The van der Waals surface area contributed by atoms with Crippen LogP contribution in [0.3, 0.4) is 0 Å². The highest BCUT2D eigenvalue weighted by molar-refractivity contribution is 6.03. The van der Waals surface area contributed by atoms with Gasteiger partial charge < -0.3 is 19.5 Å². The molecule has 4 rings (SSSR count). The molecule has 2 aliphatic rings. The number of alkyl halides is 3. The number of aromatic nitrogens is 1. The molecule has 1 aromatic carbocycles. The molecule has 224 valence electrons. The van der Waals surface area contributed by atoms with Gasteiger partial charge in [0.15, 0.2) is 0 Å². The molecule has 0 spiro atoms. The number of carboxylic acids is 1. The van der Waals surface area contributed by atoms with E-state index >= 15 is 0 Å². The number of ether oxygens (including phenoxy) is 2. The first-order valence-electron chi connectivity index (χ1n) is 14.1. The average molecular weight is 578 g/mol. The molecular weight excluding hydrogens is 539 g/mol. The molecule has 1 N–H and O–H groups in total. The molecule has 1 aliphatic carbocycles. The van der Waals surface area contributed by atoms with Crippen molar-refractivity contribution in [3.05, 3.63) is 47.2 Å². The van der Waals surface area contributed by atoms with Crippen molar-refractivity contribution in [3.8, 4) is 11.6 Å². The number of carbonyl (C=O) groups is 2. The third kappa shape index (κ3) is 7.19. The monoisotopic (exact) mass is 577 g/mol. The standard InChI is InChI=1S/C30H38F3N3O5/c1-18(2)36(28(37)21-7-5-19(3)6-8-21)26-10-9-23(16-24(26)29(38)39)41-27-25(30(31,32)33)15-22(17-34-27)20(4)35-11-13-40-14-12-35/h9-10,15-21H,5-8,11-14H2,1-4H3,(H,38,39). The number of anilines is 1. The smallest absolute Gasteiger partial charge is 0.421 e. The van der Waals surface area contributed by atoms with E-state index in [0.29, 0.717) is 37.8 Å². The summed E-state index contributed by atoms with van der Waals surface area (Å²) < 4.78 is 53.2. The Morgan fingerprint density at radius 3 is 2.34 bits per heavy atom. The largest absolute Gasteiger partial charge is 0.478 e. The third-order valence-corrected chi connectivity index (χ3v) is 8.04. The summed E-state index contributed by atoms with van der Waals surface area (Å²) in [7, 11) is 0. The molecule has 1 aromatic heterocycles. The molecule has 0 radical (unpaired) electrons. The summed E-state index contributed by atoms with van der Waals surface area (Å²) in [5.74, 6) is -1.92. The summed E-state index contributed by atoms with van der Waals surface area (Å²) in [4.78, 5) is 33.3. The molecule has 2 heterocycles. The lowest BCUT2D eigenvalue weighted by Crippen LogP contribution is -2.42. The fourth-order valence-corrected chi connectivity index (χ4v) is 5.58.